The van der Waals surface area contributed by atoms with E-state index in [0.717, 1.165) is 24.5 Å². The van der Waals surface area contributed by atoms with Crippen LogP contribution in [0.4, 0.5) is 20.6 Å². The quantitative estimate of drug-likeness (QED) is 0.574. The summed E-state index contributed by atoms with van der Waals surface area (Å²) in [6.45, 7) is 5.92. The first kappa shape index (κ1) is 20.3. The van der Waals surface area contributed by atoms with Gasteiger partial charge in [-0.2, -0.15) is 5.26 Å². The Balaban J connectivity index is 1.62. The summed E-state index contributed by atoms with van der Waals surface area (Å²) in [5, 5.41) is 11.8. The van der Waals surface area contributed by atoms with Gasteiger partial charge < -0.3 is 15.0 Å². The van der Waals surface area contributed by atoms with Gasteiger partial charge in [0, 0.05) is 26.2 Å². The molecule has 2 aliphatic rings. The molecule has 7 nitrogen and oxygen atoms in total. The fourth-order valence-electron chi connectivity index (χ4n) is 3.36. The molecule has 2 heterocycles. The number of amides is 1. The number of ether oxygens (including phenoxy) is 1. The minimum absolute atomic E-state index is 0.326. The molecule has 0 radical (unpaired) electrons. The Labute approximate surface area is 169 Å². The molecule has 9 heteroatoms. The molecule has 0 aromatic heterocycles. The zero-order chi connectivity index (χ0) is 20.1. The lowest BCUT2D eigenvalue weighted by Gasteiger charge is -2.35. The molecule has 0 aliphatic carbocycles. The summed E-state index contributed by atoms with van der Waals surface area (Å²) in [5.41, 5.74) is 0.995. The molecule has 2 saturated heterocycles. The second-order valence-corrected chi connectivity index (χ2v) is 7.32. The van der Waals surface area contributed by atoms with E-state index in [-0.39, 0.29) is 11.9 Å². The van der Waals surface area contributed by atoms with Gasteiger partial charge in [0.25, 0.3) is 0 Å². The van der Waals surface area contributed by atoms with Crippen LogP contribution in [0.15, 0.2) is 18.2 Å². The number of halogens is 1. The van der Waals surface area contributed by atoms with Crippen LogP contribution in [-0.2, 0) is 4.74 Å². The van der Waals surface area contributed by atoms with Gasteiger partial charge in [0.15, 0.2) is 0 Å². The first-order valence-corrected chi connectivity index (χ1v) is 9.81. The number of benzene rings is 1. The molecule has 0 bridgehead atoms. The number of rotatable bonds is 6. The van der Waals surface area contributed by atoms with Crippen LogP contribution in [0.1, 0.15) is 13.3 Å². The van der Waals surface area contributed by atoms with Gasteiger partial charge in [-0.15, -0.1) is 0 Å². The van der Waals surface area contributed by atoms with Gasteiger partial charge in [0.05, 0.1) is 42.1 Å². The molecule has 1 unspecified atom stereocenters. The normalized spacial score (nSPS) is 20.0. The third-order valence-corrected chi connectivity index (χ3v) is 5.41. The van der Waals surface area contributed by atoms with Gasteiger partial charge in [-0.05, 0) is 24.6 Å². The minimum Gasteiger partial charge on any atom is -0.442 e. The van der Waals surface area contributed by atoms with Gasteiger partial charge in [-0.1, -0.05) is 19.1 Å². The van der Waals surface area contributed by atoms with Gasteiger partial charge in [-0.25, -0.2) is 9.18 Å². The van der Waals surface area contributed by atoms with Crippen molar-refractivity contribution in [2.24, 2.45) is 0 Å². The van der Waals surface area contributed by atoms with Crippen molar-refractivity contribution in [3.63, 3.8) is 0 Å². The van der Waals surface area contributed by atoms with E-state index in [9.17, 15) is 9.18 Å². The topological polar surface area (TPSA) is 71.8 Å². The van der Waals surface area contributed by atoms with Crippen LogP contribution in [0.3, 0.4) is 0 Å². The monoisotopic (exact) mass is 405 g/mol. The lowest BCUT2D eigenvalue weighted by atomic mass is 10.2. The number of cyclic esters (lactones) is 1. The van der Waals surface area contributed by atoms with Crippen molar-refractivity contribution >= 4 is 34.7 Å². The second-order valence-electron chi connectivity index (χ2n) is 6.83. The van der Waals surface area contributed by atoms with E-state index < -0.39 is 6.09 Å². The molecule has 2 aliphatic heterocycles. The van der Waals surface area contributed by atoms with Gasteiger partial charge in [0.2, 0.25) is 0 Å². The third-order valence-electron chi connectivity index (χ3n) is 4.97. The molecule has 0 spiro atoms. The van der Waals surface area contributed by atoms with E-state index in [0.29, 0.717) is 44.1 Å². The number of carbonyl (C=O) groups excluding carboxylic acids is 1. The summed E-state index contributed by atoms with van der Waals surface area (Å²) in [4.78, 5) is 18.3. The largest absolute Gasteiger partial charge is 0.442 e. The molecule has 1 amide bonds. The molecule has 150 valence electrons. The Morgan fingerprint density at radius 2 is 2.14 bits per heavy atom. The number of piperazine rings is 1. The van der Waals surface area contributed by atoms with Crippen LogP contribution in [-0.4, -0.2) is 67.9 Å². The number of carbonyl (C=O) groups is 1. The first-order valence-electron chi connectivity index (χ1n) is 9.40. The Morgan fingerprint density at radius 1 is 1.39 bits per heavy atom. The van der Waals surface area contributed by atoms with Gasteiger partial charge in [0.1, 0.15) is 11.9 Å². The molecular formula is C19H24FN5O2S. The third kappa shape index (κ3) is 4.69. The maximum Gasteiger partial charge on any atom is 0.414 e. The van der Waals surface area contributed by atoms with Crippen molar-refractivity contribution in [2.45, 2.75) is 19.4 Å². The zero-order valence-electron chi connectivity index (χ0n) is 15.9. The van der Waals surface area contributed by atoms with Crippen molar-refractivity contribution in [3.05, 3.63) is 24.0 Å². The summed E-state index contributed by atoms with van der Waals surface area (Å²) >= 11 is 5.12. The van der Waals surface area contributed by atoms with Crippen molar-refractivity contribution in [1.82, 2.24) is 10.2 Å². The van der Waals surface area contributed by atoms with Crippen LogP contribution in [0.2, 0.25) is 0 Å². The first-order chi connectivity index (χ1) is 13.5. The molecule has 1 aromatic carbocycles. The number of hydrogen-bond donors (Lipinski definition) is 1. The maximum absolute atomic E-state index is 14.7. The summed E-state index contributed by atoms with van der Waals surface area (Å²) in [6.07, 6.45) is -0.0728. The minimum atomic E-state index is -0.480. The van der Waals surface area contributed by atoms with Crippen molar-refractivity contribution in [2.75, 3.05) is 55.6 Å². The molecule has 1 aromatic rings. The Morgan fingerprint density at radius 3 is 2.79 bits per heavy atom. The van der Waals surface area contributed by atoms with Gasteiger partial charge >= 0.3 is 6.09 Å². The highest BCUT2D eigenvalue weighted by atomic mass is 32.1. The zero-order valence-corrected chi connectivity index (χ0v) is 16.7. The molecule has 3 rings (SSSR count). The maximum atomic E-state index is 14.7. The van der Waals surface area contributed by atoms with Crippen molar-refractivity contribution in [1.29, 1.82) is 5.26 Å². The number of thiocarbonyl (C=S) groups is 1. The summed E-state index contributed by atoms with van der Waals surface area (Å²) < 4.78 is 20.1. The molecule has 1 atom stereocenters. The molecule has 1 N–H and O–H groups in total. The van der Waals surface area contributed by atoms with Crippen LogP contribution in [0.25, 0.3) is 0 Å². The lowest BCUT2D eigenvalue weighted by Crippen LogP contribution is -2.46. The van der Waals surface area contributed by atoms with E-state index in [1.807, 2.05) is 16.7 Å². The van der Waals surface area contributed by atoms with Crippen molar-refractivity contribution in [3.8, 4) is 6.07 Å². The smallest absolute Gasteiger partial charge is 0.414 e. The average molecular weight is 405 g/mol. The molecule has 0 saturated carbocycles. The van der Waals surface area contributed by atoms with Crippen LogP contribution in [0, 0.1) is 17.1 Å². The number of nitrogens with zero attached hydrogens (tertiary/aromatic N) is 4. The fraction of sp³-hybridized carbons (Fsp3) is 0.526. The van der Waals surface area contributed by atoms with Crippen LogP contribution < -0.4 is 15.1 Å². The summed E-state index contributed by atoms with van der Waals surface area (Å²) in [6, 6.07) is 6.97. The number of anilines is 2. The number of hydrogen-bond acceptors (Lipinski definition) is 6. The number of nitriles is 1. The Bertz CT molecular complexity index is 776. The van der Waals surface area contributed by atoms with Gasteiger partial charge in [-0.3, -0.25) is 9.80 Å². The lowest BCUT2D eigenvalue weighted by molar-refractivity contribution is 0.143. The number of nitrogens with one attached hydrogen (secondary N) is 1. The predicted octanol–water partition coefficient (Wildman–Crippen LogP) is 2.12. The summed E-state index contributed by atoms with van der Waals surface area (Å²) in [7, 11) is 0. The van der Waals surface area contributed by atoms with E-state index in [2.05, 4.69) is 11.4 Å². The SMILES string of the molecule is CCC(=S)NCC1CN(c2ccc(N3CCN(CC#N)CC3)c(F)c2)C(=O)O1. The Hall–Kier alpha value is -2.44. The molecule has 2 fully saturated rings. The van der Waals surface area contributed by atoms with E-state index in [4.69, 9.17) is 22.2 Å². The van der Waals surface area contributed by atoms with Crippen molar-refractivity contribution < 1.29 is 13.9 Å². The van der Waals surface area contributed by atoms with Crippen LogP contribution in [0.5, 0.6) is 0 Å². The van der Waals surface area contributed by atoms with E-state index >= 15 is 0 Å². The van der Waals surface area contributed by atoms with E-state index in [1.54, 1.807) is 12.1 Å². The predicted molar refractivity (Wildman–Crippen MR) is 109 cm³/mol. The average Bonchev–Trinajstić information content (AvgIpc) is 3.07. The molecular weight excluding hydrogens is 381 g/mol. The Kier molecular flexibility index (Phi) is 6.65. The highest BCUT2D eigenvalue weighted by Gasteiger charge is 2.33. The fourth-order valence-corrected chi connectivity index (χ4v) is 3.44. The standard InChI is InChI=1S/C19H24FN5O2S/c1-2-18(28)22-12-15-13-25(19(26)27-15)14-3-4-17(16(20)11-14)24-9-7-23(6-5-21)8-10-24/h3-4,11,15H,2,6-10,12-13H2,1H3,(H,22,28). The highest BCUT2D eigenvalue weighted by molar-refractivity contribution is 7.80. The summed E-state index contributed by atoms with van der Waals surface area (Å²) in [5.74, 6) is -0.368. The highest BCUT2D eigenvalue weighted by Crippen LogP contribution is 2.28. The van der Waals surface area contributed by atoms with Crippen LogP contribution >= 0.6 is 12.2 Å². The van der Waals surface area contributed by atoms with E-state index in [1.165, 1.54) is 11.0 Å². The second kappa shape index (κ2) is 9.17. The molecule has 28 heavy (non-hydrogen) atoms.